The largest absolute Gasteiger partial charge is 0.399 e. The van der Waals surface area contributed by atoms with Gasteiger partial charge >= 0.3 is 0 Å². The molecule has 0 fully saturated rings. The number of rotatable bonds is 5. The first-order chi connectivity index (χ1) is 8.04. The van der Waals surface area contributed by atoms with E-state index in [1.54, 1.807) is 17.0 Å². The minimum atomic E-state index is -0.0361. The average Bonchev–Trinajstić information content (AvgIpc) is 2.30. The van der Waals surface area contributed by atoms with Gasteiger partial charge in [0.05, 0.1) is 6.10 Å². The van der Waals surface area contributed by atoms with Gasteiger partial charge in [-0.05, 0) is 45.0 Å². The van der Waals surface area contributed by atoms with Crippen molar-refractivity contribution in [3.05, 3.63) is 24.3 Å². The van der Waals surface area contributed by atoms with Crippen LogP contribution in [-0.2, 0) is 9.53 Å². The minimum Gasteiger partial charge on any atom is -0.399 e. The van der Waals surface area contributed by atoms with Crippen molar-refractivity contribution in [3.8, 4) is 0 Å². The Labute approximate surface area is 102 Å². The van der Waals surface area contributed by atoms with Crippen molar-refractivity contribution in [3.63, 3.8) is 0 Å². The zero-order chi connectivity index (χ0) is 12.8. The highest BCUT2D eigenvalue weighted by molar-refractivity contribution is 5.94. The molecule has 0 aliphatic rings. The molecule has 0 bridgehead atoms. The van der Waals surface area contributed by atoms with E-state index in [4.69, 9.17) is 10.5 Å². The van der Waals surface area contributed by atoms with Gasteiger partial charge in [0, 0.05) is 17.9 Å². The molecule has 0 saturated heterocycles. The number of carbonyl (C=O) groups is 1. The van der Waals surface area contributed by atoms with Crippen LogP contribution in [0, 0.1) is 0 Å². The van der Waals surface area contributed by atoms with Crippen LogP contribution in [0.15, 0.2) is 24.3 Å². The van der Waals surface area contributed by atoms with Gasteiger partial charge in [-0.3, -0.25) is 4.79 Å². The smallest absolute Gasteiger partial charge is 0.252 e. The maximum atomic E-state index is 11.9. The van der Waals surface area contributed by atoms with Crippen LogP contribution >= 0.6 is 0 Å². The molecule has 17 heavy (non-hydrogen) atoms. The first kappa shape index (κ1) is 13.5. The molecule has 0 aliphatic heterocycles. The second-order valence-electron chi connectivity index (χ2n) is 4.09. The third-order valence-corrected chi connectivity index (χ3v) is 2.36. The standard InChI is InChI=1S/C13H20N2O2/c1-4-15(13(16)9-17-10(2)3)12-7-5-11(14)6-8-12/h5-8,10H,4,9,14H2,1-3H3. The molecule has 1 amide bonds. The molecular weight excluding hydrogens is 216 g/mol. The first-order valence-corrected chi connectivity index (χ1v) is 5.82. The molecule has 0 saturated carbocycles. The van der Waals surface area contributed by atoms with Crippen molar-refractivity contribution >= 4 is 17.3 Å². The maximum absolute atomic E-state index is 11.9. The molecule has 94 valence electrons. The van der Waals surface area contributed by atoms with E-state index in [-0.39, 0.29) is 18.6 Å². The molecule has 0 spiro atoms. The fraction of sp³-hybridized carbons (Fsp3) is 0.462. The monoisotopic (exact) mass is 236 g/mol. The van der Waals surface area contributed by atoms with E-state index < -0.39 is 0 Å². The lowest BCUT2D eigenvalue weighted by atomic mass is 10.2. The first-order valence-electron chi connectivity index (χ1n) is 5.82. The Balaban J connectivity index is 2.70. The fourth-order valence-corrected chi connectivity index (χ4v) is 1.47. The summed E-state index contributed by atoms with van der Waals surface area (Å²) in [6, 6.07) is 7.25. The van der Waals surface area contributed by atoms with Crippen LogP contribution in [0.3, 0.4) is 0 Å². The van der Waals surface area contributed by atoms with E-state index in [9.17, 15) is 4.79 Å². The minimum absolute atomic E-state index is 0.0361. The maximum Gasteiger partial charge on any atom is 0.252 e. The Morgan fingerprint density at radius 2 is 1.94 bits per heavy atom. The Hall–Kier alpha value is -1.55. The summed E-state index contributed by atoms with van der Waals surface area (Å²) in [5, 5.41) is 0. The van der Waals surface area contributed by atoms with Gasteiger partial charge in [-0.1, -0.05) is 0 Å². The summed E-state index contributed by atoms with van der Waals surface area (Å²) in [5.74, 6) is -0.0361. The van der Waals surface area contributed by atoms with E-state index in [1.807, 2.05) is 32.9 Å². The van der Waals surface area contributed by atoms with Crippen molar-refractivity contribution in [2.24, 2.45) is 0 Å². The highest BCUT2D eigenvalue weighted by Gasteiger charge is 2.14. The van der Waals surface area contributed by atoms with E-state index in [0.717, 1.165) is 5.69 Å². The quantitative estimate of drug-likeness (QED) is 0.796. The number of nitrogens with zero attached hydrogens (tertiary/aromatic N) is 1. The number of benzene rings is 1. The zero-order valence-electron chi connectivity index (χ0n) is 10.6. The van der Waals surface area contributed by atoms with Crippen molar-refractivity contribution < 1.29 is 9.53 Å². The number of carbonyl (C=O) groups excluding carboxylic acids is 1. The molecule has 1 aromatic rings. The van der Waals surface area contributed by atoms with Gasteiger partial charge < -0.3 is 15.4 Å². The molecular formula is C13H20N2O2. The Kier molecular flexibility index (Phi) is 4.97. The van der Waals surface area contributed by atoms with Gasteiger partial charge in [0.2, 0.25) is 0 Å². The summed E-state index contributed by atoms with van der Waals surface area (Å²) in [6.45, 7) is 6.48. The number of hydrogen-bond acceptors (Lipinski definition) is 3. The van der Waals surface area contributed by atoms with Crippen LogP contribution in [-0.4, -0.2) is 25.2 Å². The molecule has 0 aromatic heterocycles. The molecule has 0 atom stereocenters. The summed E-state index contributed by atoms with van der Waals surface area (Å²) in [5.41, 5.74) is 7.15. The lowest BCUT2D eigenvalue weighted by Crippen LogP contribution is -2.34. The van der Waals surface area contributed by atoms with Crippen molar-refractivity contribution in [2.45, 2.75) is 26.9 Å². The van der Waals surface area contributed by atoms with E-state index in [2.05, 4.69) is 0 Å². The van der Waals surface area contributed by atoms with Gasteiger partial charge in [-0.25, -0.2) is 0 Å². The SMILES string of the molecule is CCN(C(=O)COC(C)C)c1ccc(N)cc1. The molecule has 4 heteroatoms. The highest BCUT2D eigenvalue weighted by atomic mass is 16.5. The van der Waals surface area contributed by atoms with Crippen LogP contribution in [0.2, 0.25) is 0 Å². The summed E-state index contributed by atoms with van der Waals surface area (Å²) in [7, 11) is 0. The van der Waals surface area contributed by atoms with Crippen LogP contribution < -0.4 is 10.6 Å². The highest BCUT2D eigenvalue weighted by Crippen LogP contribution is 2.16. The number of nitrogen functional groups attached to an aromatic ring is 1. The molecule has 4 nitrogen and oxygen atoms in total. The van der Waals surface area contributed by atoms with Crippen LogP contribution in [0.1, 0.15) is 20.8 Å². The van der Waals surface area contributed by atoms with Gasteiger partial charge in [-0.15, -0.1) is 0 Å². The molecule has 1 aromatic carbocycles. The average molecular weight is 236 g/mol. The molecule has 0 heterocycles. The van der Waals surface area contributed by atoms with Gasteiger partial charge in [0.1, 0.15) is 6.61 Å². The van der Waals surface area contributed by atoms with Gasteiger partial charge in [-0.2, -0.15) is 0 Å². The normalized spacial score (nSPS) is 10.6. The summed E-state index contributed by atoms with van der Waals surface area (Å²) in [6.07, 6.45) is 0.0593. The van der Waals surface area contributed by atoms with E-state index in [0.29, 0.717) is 12.2 Å². The van der Waals surface area contributed by atoms with Crippen LogP contribution in [0.4, 0.5) is 11.4 Å². The predicted molar refractivity (Wildman–Crippen MR) is 70.0 cm³/mol. The van der Waals surface area contributed by atoms with E-state index in [1.165, 1.54) is 0 Å². The summed E-state index contributed by atoms with van der Waals surface area (Å²) >= 11 is 0. The number of nitrogens with two attached hydrogens (primary N) is 1. The molecule has 0 radical (unpaired) electrons. The molecule has 1 rings (SSSR count). The Bertz CT molecular complexity index is 360. The van der Waals surface area contributed by atoms with Crippen molar-refractivity contribution in [1.29, 1.82) is 0 Å². The third kappa shape index (κ3) is 4.07. The van der Waals surface area contributed by atoms with Gasteiger partial charge in [0.25, 0.3) is 5.91 Å². The number of ether oxygens (including phenoxy) is 1. The predicted octanol–water partition coefficient (Wildman–Crippen LogP) is 2.05. The zero-order valence-corrected chi connectivity index (χ0v) is 10.6. The summed E-state index contributed by atoms with van der Waals surface area (Å²) in [4.78, 5) is 13.6. The van der Waals surface area contributed by atoms with Gasteiger partial charge in [0.15, 0.2) is 0 Å². The van der Waals surface area contributed by atoms with Crippen LogP contribution in [0.5, 0.6) is 0 Å². The third-order valence-electron chi connectivity index (χ3n) is 2.36. The number of amides is 1. The van der Waals surface area contributed by atoms with Crippen molar-refractivity contribution in [1.82, 2.24) is 0 Å². The summed E-state index contributed by atoms with van der Waals surface area (Å²) < 4.78 is 5.32. The molecule has 0 unspecified atom stereocenters. The molecule has 2 N–H and O–H groups in total. The second-order valence-corrected chi connectivity index (χ2v) is 4.09. The Morgan fingerprint density at radius 1 is 1.35 bits per heavy atom. The topological polar surface area (TPSA) is 55.6 Å². The number of hydrogen-bond donors (Lipinski definition) is 1. The van der Waals surface area contributed by atoms with E-state index >= 15 is 0 Å². The second kappa shape index (κ2) is 6.25. The molecule has 0 aliphatic carbocycles. The fourth-order valence-electron chi connectivity index (χ4n) is 1.47. The number of likely N-dealkylation sites (N-methyl/N-ethyl adjacent to an activating group) is 1. The van der Waals surface area contributed by atoms with Crippen LogP contribution in [0.25, 0.3) is 0 Å². The number of anilines is 2. The Morgan fingerprint density at radius 3 is 2.41 bits per heavy atom. The lowest BCUT2D eigenvalue weighted by Gasteiger charge is -2.21. The van der Waals surface area contributed by atoms with Crippen molar-refractivity contribution in [2.75, 3.05) is 23.8 Å². The lowest BCUT2D eigenvalue weighted by molar-refractivity contribution is -0.124.